The van der Waals surface area contributed by atoms with Crippen LogP contribution in [-0.2, 0) is 4.74 Å². The second-order valence-corrected chi connectivity index (χ2v) is 5.75. The molecule has 0 heterocycles. The quantitative estimate of drug-likeness (QED) is 0.666. The van der Waals surface area contributed by atoms with E-state index >= 15 is 0 Å². The molecule has 0 aliphatic heterocycles. The van der Waals surface area contributed by atoms with Crippen molar-refractivity contribution in [3.8, 4) is 0 Å². The van der Waals surface area contributed by atoms with E-state index in [4.69, 9.17) is 4.74 Å². The number of carbonyl (C=O) groups is 1. The maximum Gasteiger partial charge on any atom is 0.338 e. The minimum absolute atomic E-state index is 0.124. The van der Waals surface area contributed by atoms with Crippen molar-refractivity contribution in [1.29, 1.82) is 0 Å². The lowest BCUT2D eigenvalue weighted by Crippen LogP contribution is -2.29. The summed E-state index contributed by atoms with van der Waals surface area (Å²) in [6.45, 7) is 9.33. The summed E-state index contributed by atoms with van der Waals surface area (Å²) in [5.41, 5.74) is 0.756. The summed E-state index contributed by atoms with van der Waals surface area (Å²) in [5.74, 6) is 0.408. The third kappa shape index (κ3) is 4.70. The molecule has 0 amide bonds. The molecule has 2 heteroatoms. The van der Waals surface area contributed by atoms with E-state index in [9.17, 15) is 4.79 Å². The Labute approximate surface area is 117 Å². The average Bonchev–Trinajstić information content (AvgIpc) is 2.43. The van der Waals surface area contributed by atoms with Crippen molar-refractivity contribution in [3.63, 3.8) is 0 Å². The number of esters is 1. The molecule has 0 N–H and O–H groups in total. The van der Waals surface area contributed by atoms with E-state index in [2.05, 4.69) is 27.7 Å². The van der Waals surface area contributed by atoms with Crippen molar-refractivity contribution in [3.05, 3.63) is 35.9 Å². The topological polar surface area (TPSA) is 26.3 Å². The molecule has 0 atom stereocenters. The van der Waals surface area contributed by atoms with E-state index in [1.807, 2.05) is 18.2 Å². The van der Waals surface area contributed by atoms with Crippen LogP contribution >= 0.6 is 0 Å². The number of hydrogen-bond acceptors (Lipinski definition) is 2. The Bertz CT molecular complexity index is 378. The molecule has 0 radical (unpaired) electrons. The van der Waals surface area contributed by atoms with Gasteiger partial charge in [-0.25, -0.2) is 4.79 Å². The van der Waals surface area contributed by atoms with Gasteiger partial charge in [0.1, 0.15) is 0 Å². The van der Waals surface area contributed by atoms with Gasteiger partial charge in [0.25, 0.3) is 0 Å². The van der Waals surface area contributed by atoms with Crippen molar-refractivity contribution in [2.45, 2.75) is 47.0 Å². The van der Waals surface area contributed by atoms with Crippen LogP contribution in [0.3, 0.4) is 0 Å². The molecule has 0 bridgehead atoms. The van der Waals surface area contributed by atoms with Gasteiger partial charge in [-0.3, -0.25) is 0 Å². The molecule has 19 heavy (non-hydrogen) atoms. The number of carbonyl (C=O) groups excluding carboxylic acids is 1. The number of benzene rings is 1. The van der Waals surface area contributed by atoms with Crippen molar-refractivity contribution < 1.29 is 9.53 Å². The van der Waals surface area contributed by atoms with Crippen molar-refractivity contribution in [1.82, 2.24) is 0 Å². The Kier molecular flexibility index (Phi) is 6.07. The first-order valence-corrected chi connectivity index (χ1v) is 7.25. The first-order valence-electron chi connectivity index (χ1n) is 7.25. The largest absolute Gasteiger partial charge is 0.462 e. The summed E-state index contributed by atoms with van der Waals surface area (Å²) in [5, 5.41) is 0. The Balaban J connectivity index is 2.64. The lowest BCUT2D eigenvalue weighted by molar-refractivity contribution is 0.0199. The van der Waals surface area contributed by atoms with Crippen LogP contribution in [0.5, 0.6) is 0 Å². The molecule has 0 spiro atoms. The molecule has 1 aromatic rings. The Morgan fingerprint density at radius 2 is 1.74 bits per heavy atom. The van der Waals surface area contributed by atoms with Gasteiger partial charge in [-0.15, -0.1) is 0 Å². The molecule has 106 valence electrons. The van der Waals surface area contributed by atoms with Crippen LogP contribution in [0.15, 0.2) is 30.3 Å². The molecule has 0 unspecified atom stereocenters. The highest BCUT2D eigenvalue weighted by Gasteiger charge is 2.29. The molecule has 0 aliphatic rings. The van der Waals surface area contributed by atoms with Crippen LogP contribution in [0, 0.1) is 11.3 Å². The fraction of sp³-hybridized carbons (Fsp3) is 0.588. The molecule has 0 aromatic heterocycles. The van der Waals surface area contributed by atoms with Crippen LogP contribution in [0.2, 0.25) is 0 Å². The van der Waals surface area contributed by atoms with Gasteiger partial charge in [0.05, 0.1) is 12.2 Å². The second kappa shape index (κ2) is 7.32. The van der Waals surface area contributed by atoms with Crippen molar-refractivity contribution in [2.75, 3.05) is 6.61 Å². The molecular weight excluding hydrogens is 236 g/mol. The molecule has 0 fully saturated rings. The highest BCUT2D eigenvalue weighted by Crippen LogP contribution is 2.34. The molecule has 2 nitrogen and oxygen atoms in total. The zero-order valence-electron chi connectivity index (χ0n) is 12.6. The van der Waals surface area contributed by atoms with E-state index in [1.165, 1.54) is 0 Å². The Morgan fingerprint density at radius 1 is 1.16 bits per heavy atom. The third-order valence-electron chi connectivity index (χ3n) is 3.86. The molecular formula is C17H26O2. The van der Waals surface area contributed by atoms with Crippen molar-refractivity contribution in [2.24, 2.45) is 11.3 Å². The van der Waals surface area contributed by atoms with E-state index in [0.29, 0.717) is 18.1 Å². The third-order valence-corrected chi connectivity index (χ3v) is 3.86. The fourth-order valence-electron chi connectivity index (χ4n) is 2.54. The number of ether oxygens (including phenoxy) is 1. The average molecular weight is 262 g/mol. The van der Waals surface area contributed by atoms with Crippen LogP contribution < -0.4 is 0 Å². The van der Waals surface area contributed by atoms with Crippen LogP contribution in [0.1, 0.15) is 57.3 Å². The maximum atomic E-state index is 12.0. The van der Waals surface area contributed by atoms with E-state index < -0.39 is 0 Å². The van der Waals surface area contributed by atoms with Gasteiger partial charge in [-0.1, -0.05) is 45.9 Å². The van der Waals surface area contributed by atoms with E-state index in [0.717, 1.165) is 19.3 Å². The zero-order chi connectivity index (χ0) is 14.3. The predicted molar refractivity (Wildman–Crippen MR) is 79.2 cm³/mol. The first kappa shape index (κ1) is 15.7. The Hall–Kier alpha value is -1.31. The molecule has 0 saturated carbocycles. The Morgan fingerprint density at radius 3 is 2.21 bits per heavy atom. The monoisotopic (exact) mass is 262 g/mol. The van der Waals surface area contributed by atoms with Crippen LogP contribution in [-0.4, -0.2) is 12.6 Å². The summed E-state index contributed by atoms with van der Waals surface area (Å²) in [4.78, 5) is 12.0. The summed E-state index contributed by atoms with van der Waals surface area (Å²) >= 11 is 0. The number of hydrogen-bond donors (Lipinski definition) is 0. The standard InChI is InChI=1S/C17H26O2/c1-5-17(6-2,12-14(3)4)13-19-16(18)15-10-8-7-9-11-15/h7-11,14H,5-6,12-13H2,1-4H3. The molecule has 1 rings (SSSR count). The van der Waals surface area contributed by atoms with Crippen LogP contribution in [0.25, 0.3) is 0 Å². The lowest BCUT2D eigenvalue weighted by atomic mass is 9.76. The second-order valence-electron chi connectivity index (χ2n) is 5.75. The molecule has 0 saturated heterocycles. The SMILES string of the molecule is CCC(CC)(COC(=O)c1ccccc1)CC(C)C. The van der Waals surface area contributed by atoms with Crippen LogP contribution in [0.4, 0.5) is 0 Å². The van der Waals surface area contributed by atoms with Gasteiger partial charge in [-0.05, 0) is 37.3 Å². The normalized spacial score (nSPS) is 11.6. The highest BCUT2D eigenvalue weighted by atomic mass is 16.5. The summed E-state index contributed by atoms with van der Waals surface area (Å²) in [6.07, 6.45) is 3.19. The minimum Gasteiger partial charge on any atom is -0.462 e. The van der Waals surface area contributed by atoms with Gasteiger partial charge >= 0.3 is 5.97 Å². The highest BCUT2D eigenvalue weighted by molar-refractivity contribution is 5.89. The maximum absolute atomic E-state index is 12.0. The smallest absolute Gasteiger partial charge is 0.338 e. The summed E-state index contributed by atoms with van der Waals surface area (Å²) in [6, 6.07) is 9.21. The van der Waals surface area contributed by atoms with Gasteiger partial charge in [-0.2, -0.15) is 0 Å². The molecule has 1 aromatic carbocycles. The number of rotatable bonds is 7. The van der Waals surface area contributed by atoms with Gasteiger partial charge < -0.3 is 4.74 Å². The predicted octanol–water partition coefficient (Wildman–Crippen LogP) is 4.70. The minimum atomic E-state index is -0.212. The fourth-order valence-corrected chi connectivity index (χ4v) is 2.54. The first-order chi connectivity index (χ1) is 9.03. The van der Waals surface area contributed by atoms with Crippen molar-refractivity contribution >= 4 is 5.97 Å². The zero-order valence-corrected chi connectivity index (χ0v) is 12.6. The molecule has 0 aliphatic carbocycles. The van der Waals surface area contributed by atoms with Gasteiger partial charge in [0, 0.05) is 5.41 Å². The van der Waals surface area contributed by atoms with E-state index in [-0.39, 0.29) is 11.4 Å². The summed E-state index contributed by atoms with van der Waals surface area (Å²) < 4.78 is 5.54. The van der Waals surface area contributed by atoms with Gasteiger partial charge in [0.15, 0.2) is 0 Å². The lowest BCUT2D eigenvalue weighted by Gasteiger charge is -2.32. The summed E-state index contributed by atoms with van der Waals surface area (Å²) in [7, 11) is 0. The van der Waals surface area contributed by atoms with Gasteiger partial charge in [0.2, 0.25) is 0 Å². The van der Waals surface area contributed by atoms with E-state index in [1.54, 1.807) is 12.1 Å².